The van der Waals surface area contributed by atoms with Gasteiger partial charge < -0.3 is 4.90 Å². The molecule has 0 aromatic heterocycles. The first-order valence-electron chi connectivity index (χ1n) is 8.99. The molecule has 2 atom stereocenters. The first-order valence-corrected chi connectivity index (χ1v) is 8.99. The fourth-order valence-corrected chi connectivity index (χ4v) is 3.92. The van der Waals surface area contributed by atoms with E-state index < -0.39 is 0 Å². The summed E-state index contributed by atoms with van der Waals surface area (Å²) in [6.07, 6.45) is 11.5. The Balaban J connectivity index is 1.52. The average Bonchev–Trinajstić information content (AvgIpc) is 3.30. The molecule has 2 nitrogen and oxygen atoms in total. The van der Waals surface area contributed by atoms with E-state index in [1.165, 1.54) is 58.0 Å². The van der Waals surface area contributed by atoms with E-state index in [9.17, 15) is 4.79 Å². The molecule has 0 heterocycles. The van der Waals surface area contributed by atoms with Crippen molar-refractivity contribution in [1.29, 1.82) is 0 Å². The Morgan fingerprint density at radius 1 is 0.950 bits per heavy atom. The van der Waals surface area contributed by atoms with Gasteiger partial charge in [-0.1, -0.05) is 19.8 Å². The van der Waals surface area contributed by atoms with Crippen LogP contribution in [0.2, 0.25) is 0 Å². The lowest BCUT2D eigenvalue weighted by Gasteiger charge is -2.32. The summed E-state index contributed by atoms with van der Waals surface area (Å²) in [4.78, 5) is 14.9. The van der Waals surface area contributed by atoms with Crippen LogP contribution in [0.25, 0.3) is 0 Å². The van der Waals surface area contributed by atoms with Crippen molar-refractivity contribution in [1.82, 2.24) is 4.90 Å². The Morgan fingerprint density at radius 2 is 1.60 bits per heavy atom. The highest BCUT2D eigenvalue weighted by Gasteiger charge is 2.34. The third-order valence-electron chi connectivity index (χ3n) is 5.47. The third kappa shape index (κ3) is 4.31. The fraction of sp³-hybridized carbons (Fsp3) is 0.944. The molecule has 0 aromatic rings. The van der Waals surface area contributed by atoms with Gasteiger partial charge in [-0.05, 0) is 56.3 Å². The second-order valence-corrected chi connectivity index (χ2v) is 7.70. The van der Waals surface area contributed by atoms with Crippen LogP contribution in [-0.4, -0.2) is 30.3 Å². The molecule has 2 unspecified atom stereocenters. The number of ketones is 1. The highest BCUT2D eigenvalue weighted by atomic mass is 16.1. The van der Waals surface area contributed by atoms with Crippen LogP contribution < -0.4 is 0 Å². The zero-order valence-electron chi connectivity index (χ0n) is 13.2. The third-order valence-corrected chi connectivity index (χ3v) is 5.47. The molecule has 0 N–H and O–H groups in total. The second kappa shape index (κ2) is 6.60. The van der Waals surface area contributed by atoms with Crippen LogP contribution in [0.3, 0.4) is 0 Å². The minimum absolute atomic E-state index is 0.359. The van der Waals surface area contributed by atoms with Crippen molar-refractivity contribution in [2.24, 2.45) is 23.7 Å². The van der Waals surface area contributed by atoms with Crippen molar-refractivity contribution in [2.45, 2.75) is 64.7 Å². The van der Waals surface area contributed by atoms with E-state index in [0.717, 1.165) is 37.1 Å². The summed E-state index contributed by atoms with van der Waals surface area (Å²) in [6.45, 7) is 5.90. The first-order chi connectivity index (χ1) is 9.74. The Labute approximate surface area is 124 Å². The molecule has 3 saturated carbocycles. The normalized spacial score (nSPS) is 31.0. The van der Waals surface area contributed by atoms with Crippen molar-refractivity contribution < 1.29 is 4.79 Å². The lowest BCUT2D eigenvalue weighted by atomic mass is 9.78. The number of hydrogen-bond acceptors (Lipinski definition) is 2. The average molecular weight is 277 g/mol. The van der Waals surface area contributed by atoms with Crippen LogP contribution in [0, 0.1) is 23.7 Å². The lowest BCUT2D eigenvalue weighted by Crippen LogP contribution is -2.38. The Hall–Kier alpha value is -0.370. The van der Waals surface area contributed by atoms with Gasteiger partial charge in [-0.2, -0.15) is 0 Å². The van der Waals surface area contributed by atoms with Gasteiger partial charge in [0.15, 0.2) is 0 Å². The van der Waals surface area contributed by atoms with Crippen molar-refractivity contribution in [3.63, 3.8) is 0 Å². The highest BCUT2D eigenvalue weighted by Crippen LogP contribution is 2.36. The van der Waals surface area contributed by atoms with E-state index in [4.69, 9.17) is 0 Å². The summed E-state index contributed by atoms with van der Waals surface area (Å²) in [7, 11) is 0. The summed E-state index contributed by atoms with van der Waals surface area (Å²) in [5.41, 5.74) is 0. The van der Waals surface area contributed by atoms with Gasteiger partial charge in [0, 0.05) is 32.0 Å². The molecule has 0 saturated heterocycles. The molecule has 0 aromatic carbocycles. The van der Waals surface area contributed by atoms with Crippen LogP contribution in [0.5, 0.6) is 0 Å². The summed E-state index contributed by atoms with van der Waals surface area (Å²) in [6, 6.07) is 0. The second-order valence-electron chi connectivity index (χ2n) is 7.70. The molecule has 3 aliphatic rings. The number of hydrogen-bond donors (Lipinski definition) is 0. The summed E-state index contributed by atoms with van der Waals surface area (Å²) in [5.74, 6) is 3.66. The molecular weight excluding hydrogens is 246 g/mol. The van der Waals surface area contributed by atoms with Crippen LogP contribution in [0.1, 0.15) is 64.7 Å². The molecule has 0 amide bonds. The van der Waals surface area contributed by atoms with E-state index >= 15 is 0 Å². The van der Waals surface area contributed by atoms with E-state index in [1.807, 2.05) is 0 Å². The minimum Gasteiger partial charge on any atom is -0.302 e. The van der Waals surface area contributed by atoms with Crippen LogP contribution in [-0.2, 0) is 4.79 Å². The molecule has 20 heavy (non-hydrogen) atoms. The number of rotatable bonds is 8. The lowest BCUT2D eigenvalue weighted by molar-refractivity contribution is -0.126. The Bertz CT molecular complexity index is 318. The van der Waals surface area contributed by atoms with Gasteiger partial charge in [0.25, 0.3) is 0 Å². The van der Waals surface area contributed by atoms with E-state index in [1.54, 1.807) is 0 Å². The molecule has 0 spiro atoms. The van der Waals surface area contributed by atoms with Gasteiger partial charge >= 0.3 is 0 Å². The van der Waals surface area contributed by atoms with Crippen molar-refractivity contribution in [3.8, 4) is 0 Å². The van der Waals surface area contributed by atoms with Crippen LogP contribution in [0.4, 0.5) is 0 Å². The zero-order chi connectivity index (χ0) is 13.9. The maximum Gasteiger partial charge on any atom is 0.137 e. The summed E-state index contributed by atoms with van der Waals surface area (Å²) >= 11 is 0. The smallest absolute Gasteiger partial charge is 0.137 e. The van der Waals surface area contributed by atoms with Crippen molar-refractivity contribution in [3.05, 3.63) is 0 Å². The summed E-state index contributed by atoms with van der Waals surface area (Å²) < 4.78 is 0. The maximum absolute atomic E-state index is 12.3. The molecule has 114 valence electrons. The van der Waals surface area contributed by atoms with Crippen LogP contribution in [0.15, 0.2) is 0 Å². The van der Waals surface area contributed by atoms with Gasteiger partial charge in [-0.15, -0.1) is 0 Å². The predicted molar refractivity (Wildman–Crippen MR) is 82.6 cm³/mol. The van der Waals surface area contributed by atoms with E-state index in [0.29, 0.717) is 11.7 Å². The Morgan fingerprint density at radius 3 is 2.15 bits per heavy atom. The number of nitrogens with zero attached hydrogens (tertiary/aromatic N) is 1. The van der Waals surface area contributed by atoms with Gasteiger partial charge in [0.05, 0.1) is 0 Å². The molecule has 2 heteroatoms. The first kappa shape index (κ1) is 14.6. The van der Waals surface area contributed by atoms with Crippen molar-refractivity contribution >= 4 is 5.78 Å². The molecular formula is C18H31NO. The van der Waals surface area contributed by atoms with Gasteiger partial charge in [0.1, 0.15) is 5.78 Å². The Kier molecular flexibility index (Phi) is 4.80. The number of Topliss-reactive ketones (excluding diaryl/α,β-unsaturated/α-hetero) is 1. The predicted octanol–water partition coefficient (Wildman–Crippen LogP) is 3.89. The molecule has 3 fully saturated rings. The SMILES string of the molecule is CCCC1CCC(=O)C(CN(CC2CC2)CC2CC2)C1. The topological polar surface area (TPSA) is 20.3 Å². The zero-order valence-corrected chi connectivity index (χ0v) is 13.2. The molecule has 0 bridgehead atoms. The standard InChI is InChI=1S/C18H31NO/c1-2-3-14-8-9-18(20)17(10-14)13-19(11-15-4-5-15)12-16-6-7-16/h14-17H,2-13H2,1H3. The largest absolute Gasteiger partial charge is 0.302 e. The maximum atomic E-state index is 12.3. The van der Waals surface area contributed by atoms with E-state index in [-0.39, 0.29) is 0 Å². The highest BCUT2D eigenvalue weighted by molar-refractivity contribution is 5.81. The fourth-order valence-electron chi connectivity index (χ4n) is 3.92. The number of carbonyl (C=O) groups is 1. The van der Waals surface area contributed by atoms with Gasteiger partial charge in [0.2, 0.25) is 0 Å². The quantitative estimate of drug-likeness (QED) is 0.671. The van der Waals surface area contributed by atoms with Gasteiger partial charge in [-0.3, -0.25) is 4.79 Å². The molecule has 0 aliphatic heterocycles. The molecule has 3 aliphatic carbocycles. The van der Waals surface area contributed by atoms with E-state index in [2.05, 4.69) is 11.8 Å². The molecule has 0 radical (unpaired) electrons. The van der Waals surface area contributed by atoms with Gasteiger partial charge in [-0.25, -0.2) is 0 Å². The minimum atomic E-state index is 0.359. The molecule has 3 rings (SSSR count). The summed E-state index contributed by atoms with van der Waals surface area (Å²) in [5, 5.41) is 0. The number of carbonyl (C=O) groups excluding carboxylic acids is 1. The monoisotopic (exact) mass is 277 g/mol. The van der Waals surface area contributed by atoms with Crippen molar-refractivity contribution in [2.75, 3.05) is 19.6 Å². The van der Waals surface area contributed by atoms with Crippen LogP contribution >= 0.6 is 0 Å².